The van der Waals surface area contributed by atoms with Crippen molar-refractivity contribution in [3.63, 3.8) is 0 Å². The molecule has 1 aromatic carbocycles. The highest BCUT2D eigenvalue weighted by atomic mass is 16.5. The first kappa shape index (κ1) is 13.6. The van der Waals surface area contributed by atoms with E-state index in [1.54, 1.807) is 0 Å². The first-order valence-corrected chi connectivity index (χ1v) is 7.16. The van der Waals surface area contributed by atoms with Gasteiger partial charge in [0.05, 0.1) is 18.1 Å². The molecule has 0 aromatic heterocycles. The molecule has 2 N–H and O–H groups in total. The molecule has 20 heavy (non-hydrogen) atoms. The molecular weight excluding hydrogens is 252 g/mol. The van der Waals surface area contributed by atoms with Gasteiger partial charge in [0.15, 0.2) is 0 Å². The van der Waals surface area contributed by atoms with Gasteiger partial charge in [-0.05, 0) is 18.4 Å². The van der Waals surface area contributed by atoms with E-state index in [0.29, 0.717) is 32.2 Å². The largest absolute Gasteiger partial charge is 0.386 e. The summed E-state index contributed by atoms with van der Waals surface area (Å²) >= 11 is 0. The van der Waals surface area contributed by atoms with Crippen molar-refractivity contribution in [2.75, 3.05) is 19.8 Å². The molecule has 3 rings (SSSR count). The molecular formula is C16H20N2O2. The van der Waals surface area contributed by atoms with E-state index < -0.39 is 5.60 Å². The van der Waals surface area contributed by atoms with Gasteiger partial charge >= 0.3 is 0 Å². The monoisotopic (exact) mass is 272 g/mol. The maximum atomic E-state index is 10.2. The molecule has 0 spiro atoms. The van der Waals surface area contributed by atoms with Gasteiger partial charge in [0.2, 0.25) is 0 Å². The Morgan fingerprint density at radius 2 is 2.10 bits per heavy atom. The van der Waals surface area contributed by atoms with Crippen LogP contribution in [0.5, 0.6) is 0 Å². The fourth-order valence-corrected chi connectivity index (χ4v) is 3.14. The topological polar surface area (TPSA) is 65.3 Å². The van der Waals surface area contributed by atoms with Crippen molar-refractivity contribution in [1.82, 2.24) is 5.32 Å². The minimum atomic E-state index is -0.725. The highest BCUT2D eigenvalue weighted by molar-refractivity contribution is 5.36. The number of hydrogen-bond acceptors (Lipinski definition) is 4. The number of nitrogens with zero attached hydrogens (tertiary/aromatic N) is 1. The summed E-state index contributed by atoms with van der Waals surface area (Å²) in [6, 6.07) is 12.8. The molecule has 1 aliphatic heterocycles. The number of hydrogen-bond donors (Lipinski definition) is 2. The van der Waals surface area contributed by atoms with E-state index in [9.17, 15) is 10.4 Å². The number of nitrogens with one attached hydrogen (secondary N) is 1. The van der Waals surface area contributed by atoms with Crippen molar-refractivity contribution in [2.24, 2.45) is 0 Å². The molecule has 1 saturated carbocycles. The second kappa shape index (κ2) is 5.17. The summed E-state index contributed by atoms with van der Waals surface area (Å²) in [5.41, 5.74) is 0.0224. The fourth-order valence-electron chi connectivity index (χ4n) is 3.14. The lowest BCUT2D eigenvalue weighted by Gasteiger charge is -2.44. The van der Waals surface area contributed by atoms with Crippen molar-refractivity contribution in [3.05, 3.63) is 35.9 Å². The molecule has 2 aliphatic rings. The van der Waals surface area contributed by atoms with Crippen LogP contribution in [0.3, 0.4) is 0 Å². The lowest BCUT2D eigenvalue weighted by atomic mass is 9.62. The Hall–Kier alpha value is -1.41. The summed E-state index contributed by atoms with van der Waals surface area (Å²) in [6.07, 6.45) is 2.31. The Bertz CT molecular complexity index is 497. The first-order valence-electron chi connectivity index (χ1n) is 7.16. The second-order valence-electron chi connectivity index (χ2n) is 6.07. The first-order chi connectivity index (χ1) is 9.66. The summed E-state index contributed by atoms with van der Waals surface area (Å²) < 4.78 is 5.23. The molecule has 1 aromatic rings. The van der Waals surface area contributed by atoms with Crippen LogP contribution < -0.4 is 5.32 Å². The highest BCUT2D eigenvalue weighted by Crippen LogP contribution is 2.43. The van der Waals surface area contributed by atoms with E-state index in [0.717, 1.165) is 18.4 Å². The van der Waals surface area contributed by atoms with Gasteiger partial charge in [-0.1, -0.05) is 30.3 Å². The van der Waals surface area contributed by atoms with Gasteiger partial charge in [-0.2, -0.15) is 5.26 Å². The van der Waals surface area contributed by atoms with Crippen LogP contribution in [0.2, 0.25) is 0 Å². The van der Waals surface area contributed by atoms with Crippen molar-refractivity contribution in [3.8, 4) is 6.07 Å². The van der Waals surface area contributed by atoms with Gasteiger partial charge in [0, 0.05) is 25.6 Å². The standard InChI is InChI=1S/C16H20N2O2/c17-10-15(13-4-2-1-3-5-13)8-14(9-15)18-11-16(19)6-7-20-12-16/h1-5,14,18-19H,6-9,11-12H2. The van der Waals surface area contributed by atoms with Gasteiger partial charge in [0.1, 0.15) is 5.60 Å². The van der Waals surface area contributed by atoms with Crippen molar-refractivity contribution < 1.29 is 9.84 Å². The van der Waals surface area contributed by atoms with E-state index in [4.69, 9.17) is 4.74 Å². The summed E-state index contributed by atoms with van der Waals surface area (Å²) in [5, 5.41) is 23.1. The van der Waals surface area contributed by atoms with Crippen LogP contribution in [0, 0.1) is 11.3 Å². The molecule has 1 atom stereocenters. The minimum absolute atomic E-state index is 0.305. The Morgan fingerprint density at radius 3 is 2.70 bits per heavy atom. The maximum Gasteiger partial charge on any atom is 0.102 e. The molecule has 4 heteroatoms. The molecule has 0 radical (unpaired) electrons. The molecule has 1 saturated heterocycles. The predicted molar refractivity (Wildman–Crippen MR) is 75.1 cm³/mol. The molecule has 0 amide bonds. The van der Waals surface area contributed by atoms with E-state index in [1.807, 2.05) is 30.3 Å². The van der Waals surface area contributed by atoms with E-state index >= 15 is 0 Å². The third-order valence-electron chi connectivity index (χ3n) is 4.53. The lowest BCUT2D eigenvalue weighted by Crippen LogP contribution is -2.54. The van der Waals surface area contributed by atoms with E-state index in [1.165, 1.54) is 0 Å². The molecule has 1 unspecified atom stereocenters. The Balaban J connectivity index is 1.56. The number of benzene rings is 1. The molecule has 4 nitrogen and oxygen atoms in total. The fraction of sp³-hybridized carbons (Fsp3) is 0.562. The number of ether oxygens (including phenoxy) is 1. The molecule has 2 fully saturated rings. The summed E-state index contributed by atoms with van der Waals surface area (Å²) in [6.45, 7) is 1.59. The summed E-state index contributed by atoms with van der Waals surface area (Å²) in [7, 11) is 0. The zero-order valence-electron chi connectivity index (χ0n) is 11.5. The lowest BCUT2D eigenvalue weighted by molar-refractivity contribution is 0.0200. The van der Waals surface area contributed by atoms with Crippen molar-refractivity contribution in [2.45, 2.75) is 36.3 Å². The van der Waals surface area contributed by atoms with Crippen LogP contribution in [0.15, 0.2) is 30.3 Å². The zero-order valence-corrected chi connectivity index (χ0v) is 11.5. The van der Waals surface area contributed by atoms with Gasteiger partial charge in [-0.15, -0.1) is 0 Å². The predicted octanol–water partition coefficient (Wildman–Crippen LogP) is 1.35. The smallest absolute Gasteiger partial charge is 0.102 e. The van der Waals surface area contributed by atoms with Crippen LogP contribution in [-0.2, 0) is 10.2 Å². The van der Waals surface area contributed by atoms with Gasteiger partial charge in [-0.25, -0.2) is 0 Å². The SMILES string of the molecule is N#CC1(c2ccccc2)CC(NCC2(O)CCOC2)C1. The van der Waals surface area contributed by atoms with Gasteiger partial charge < -0.3 is 15.2 Å². The molecule has 1 heterocycles. The van der Waals surface area contributed by atoms with Crippen LogP contribution in [0.25, 0.3) is 0 Å². The van der Waals surface area contributed by atoms with Gasteiger partial charge in [-0.3, -0.25) is 0 Å². The van der Waals surface area contributed by atoms with Crippen LogP contribution >= 0.6 is 0 Å². The number of nitriles is 1. The highest BCUT2D eigenvalue weighted by Gasteiger charge is 2.46. The maximum absolute atomic E-state index is 10.2. The Kier molecular flexibility index (Phi) is 3.51. The Morgan fingerprint density at radius 1 is 1.35 bits per heavy atom. The molecule has 0 bridgehead atoms. The third-order valence-corrected chi connectivity index (χ3v) is 4.53. The number of rotatable bonds is 4. The molecule has 106 valence electrons. The zero-order chi connectivity index (χ0) is 14.1. The van der Waals surface area contributed by atoms with E-state index in [2.05, 4.69) is 11.4 Å². The van der Waals surface area contributed by atoms with Crippen LogP contribution in [0.4, 0.5) is 0 Å². The summed E-state index contributed by atoms with van der Waals surface area (Å²) in [5.74, 6) is 0. The average molecular weight is 272 g/mol. The van der Waals surface area contributed by atoms with E-state index in [-0.39, 0.29) is 5.41 Å². The van der Waals surface area contributed by atoms with Crippen molar-refractivity contribution in [1.29, 1.82) is 5.26 Å². The quantitative estimate of drug-likeness (QED) is 0.868. The second-order valence-corrected chi connectivity index (χ2v) is 6.07. The van der Waals surface area contributed by atoms with Gasteiger partial charge in [0.25, 0.3) is 0 Å². The average Bonchev–Trinajstić information content (AvgIpc) is 2.86. The number of aliphatic hydroxyl groups is 1. The molecule has 1 aliphatic carbocycles. The summed E-state index contributed by atoms with van der Waals surface area (Å²) in [4.78, 5) is 0. The third kappa shape index (κ3) is 2.45. The van der Waals surface area contributed by atoms with Crippen LogP contribution in [-0.4, -0.2) is 36.5 Å². The minimum Gasteiger partial charge on any atom is -0.386 e. The normalized spacial score (nSPS) is 36.3. The van der Waals surface area contributed by atoms with Crippen molar-refractivity contribution >= 4 is 0 Å². The van der Waals surface area contributed by atoms with Crippen LogP contribution in [0.1, 0.15) is 24.8 Å². The Labute approximate surface area is 119 Å².